The third-order valence-corrected chi connectivity index (χ3v) is 5.03. The fourth-order valence-corrected chi connectivity index (χ4v) is 3.67. The topological polar surface area (TPSA) is 91.4 Å². The average molecular weight is 384 g/mol. The summed E-state index contributed by atoms with van der Waals surface area (Å²) in [7, 11) is 0. The highest BCUT2D eigenvalue weighted by atomic mass is 32.1. The summed E-state index contributed by atoms with van der Waals surface area (Å²) in [4.78, 5) is 41.6. The first-order chi connectivity index (χ1) is 13.0. The van der Waals surface area contributed by atoms with Gasteiger partial charge in [0.2, 0.25) is 5.91 Å². The lowest BCUT2D eigenvalue weighted by Gasteiger charge is -2.15. The molecule has 2 N–H and O–H groups in total. The Morgan fingerprint density at radius 3 is 2.85 bits per heavy atom. The van der Waals surface area contributed by atoms with E-state index in [1.165, 1.54) is 12.1 Å². The summed E-state index contributed by atoms with van der Waals surface area (Å²) in [6.45, 7) is -0.0468. The van der Waals surface area contributed by atoms with Gasteiger partial charge in [0.15, 0.2) is 5.13 Å². The molecular formula is C18H13FN4O3S. The van der Waals surface area contributed by atoms with E-state index >= 15 is 0 Å². The molecule has 0 atom stereocenters. The number of rotatable bonds is 4. The summed E-state index contributed by atoms with van der Waals surface area (Å²) in [6, 6.07) is 10.4. The van der Waals surface area contributed by atoms with Gasteiger partial charge in [0, 0.05) is 5.56 Å². The molecule has 7 nitrogen and oxygen atoms in total. The molecule has 2 heterocycles. The van der Waals surface area contributed by atoms with E-state index in [1.54, 1.807) is 30.3 Å². The highest BCUT2D eigenvalue weighted by Crippen LogP contribution is 2.27. The Bertz CT molecular complexity index is 1070. The second kappa shape index (κ2) is 6.76. The van der Waals surface area contributed by atoms with Crippen LogP contribution in [0.25, 0.3) is 10.2 Å². The number of carbonyl (C=O) groups is 3. The second-order valence-electron chi connectivity index (χ2n) is 5.88. The van der Waals surface area contributed by atoms with Crippen LogP contribution in [0.3, 0.4) is 0 Å². The van der Waals surface area contributed by atoms with Crippen molar-refractivity contribution in [2.24, 2.45) is 0 Å². The van der Waals surface area contributed by atoms with Gasteiger partial charge in [-0.2, -0.15) is 0 Å². The van der Waals surface area contributed by atoms with Gasteiger partial charge in [-0.05, 0) is 29.8 Å². The maximum Gasteiger partial charge on any atom is 0.324 e. The third kappa shape index (κ3) is 3.36. The lowest BCUT2D eigenvalue weighted by Crippen LogP contribution is -2.31. The minimum absolute atomic E-state index is 0.000679. The molecular weight excluding hydrogens is 371 g/mol. The van der Waals surface area contributed by atoms with Crippen LogP contribution >= 0.6 is 11.3 Å². The van der Waals surface area contributed by atoms with Crippen LogP contribution in [-0.4, -0.2) is 34.3 Å². The molecule has 0 aliphatic carbocycles. The number of nitrogens with zero attached hydrogens (tertiary/aromatic N) is 2. The zero-order chi connectivity index (χ0) is 19.0. The Labute approximate surface area is 156 Å². The molecule has 1 fully saturated rings. The van der Waals surface area contributed by atoms with Gasteiger partial charge < -0.3 is 5.32 Å². The fraction of sp³-hybridized carbons (Fsp3) is 0.111. The van der Waals surface area contributed by atoms with E-state index in [0.717, 1.165) is 16.2 Å². The number of carbonyl (C=O) groups excluding carboxylic acids is 3. The Kier molecular flexibility index (Phi) is 4.28. The SMILES string of the molecule is O=C(Nc1nc2ccc(F)cc2s1)c1ccccc1CN1C(=O)CNC1=O. The van der Waals surface area contributed by atoms with Crippen LogP contribution in [0.1, 0.15) is 15.9 Å². The van der Waals surface area contributed by atoms with Crippen LogP contribution in [0.15, 0.2) is 42.5 Å². The van der Waals surface area contributed by atoms with Crippen molar-refractivity contribution in [1.29, 1.82) is 0 Å². The Hall–Kier alpha value is -3.33. The Morgan fingerprint density at radius 1 is 1.26 bits per heavy atom. The molecule has 0 radical (unpaired) electrons. The van der Waals surface area contributed by atoms with E-state index in [1.807, 2.05) is 0 Å². The first-order valence-corrected chi connectivity index (χ1v) is 8.86. The Morgan fingerprint density at radius 2 is 2.07 bits per heavy atom. The van der Waals surface area contributed by atoms with Crippen molar-refractivity contribution in [3.05, 3.63) is 59.4 Å². The molecule has 1 aliphatic heterocycles. The van der Waals surface area contributed by atoms with Crippen molar-refractivity contribution in [2.75, 3.05) is 11.9 Å². The van der Waals surface area contributed by atoms with Gasteiger partial charge >= 0.3 is 6.03 Å². The third-order valence-electron chi connectivity index (χ3n) is 4.10. The van der Waals surface area contributed by atoms with Crippen molar-refractivity contribution >= 4 is 44.5 Å². The molecule has 136 valence electrons. The molecule has 0 unspecified atom stereocenters. The predicted octanol–water partition coefficient (Wildman–Crippen LogP) is 2.74. The maximum absolute atomic E-state index is 13.3. The van der Waals surface area contributed by atoms with E-state index < -0.39 is 11.9 Å². The lowest BCUT2D eigenvalue weighted by molar-refractivity contribution is -0.125. The summed E-state index contributed by atoms with van der Waals surface area (Å²) < 4.78 is 13.9. The lowest BCUT2D eigenvalue weighted by atomic mass is 10.1. The number of hydrogen-bond acceptors (Lipinski definition) is 5. The minimum Gasteiger partial charge on any atom is -0.329 e. The highest BCUT2D eigenvalue weighted by Gasteiger charge is 2.29. The molecule has 4 rings (SSSR count). The maximum atomic E-state index is 13.3. The van der Waals surface area contributed by atoms with Crippen LogP contribution in [0, 0.1) is 5.82 Å². The zero-order valence-electron chi connectivity index (χ0n) is 13.9. The number of amides is 4. The van der Waals surface area contributed by atoms with E-state index in [0.29, 0.717) is 26.5 Å². The molecule has 2 aromatic carbocycles. The average Bonchev–Trinajstić information content (AvgIpc) is 3.18. The molecule has 1 saturated heterocycles. The molecule has 0 spiro atoms. The number of anilines is 1. The van der Waals surface area contributed by atoms with Crippen molar-refractivity contribution in [3.8, 4) is 0 Å². The number of fused-ring (bicyclic) bond motifs is 1. The predicted molar refractivity (Wildman–Crippen MR) is 97.9 cm³/mol. The van der Waals surface area contributed by atoms with Crippen LogP contribution in [0.4, 0.5) is 14.3 Å². The number of hydrogen-bond donors (Lipinski definition) is 2. The molecule has 1 aromatic heterocycles. The van der Waals surface area contributed by atoms with Crippen molar-refractivity contribution in [3.63, 3.8) is 0 Å². The van der Waals surface area contributed by atoms with Crippen molar-refractivity contribution < 1.29 is 18.8 Å². The summed E-state index contributed by atoms with van der Waals surface area (Å²) >= 11 is 1.16. The smallest absolute Gasteiger partial charge is 0.324 e. The Balaban J connectivity index is 1.58. The van der Waals surface area contributed by atoms with E-state index in [4.69, 9.17) is 0 Å². The number of imide groups is 1. The van der Waals surface area contributed by atoms with Crippen molar-refractivity contribution in [1.82, 2.24) is 15.2 Å². The van der Waals surface area contributed by atoms with Crippen LogP contribution in [0.2, 0.25) is 0 Å². The molecule has 9 heteroatoms. The van der Waals surface area contributed by atoms with Gasteiger partial charge in [-0.15, -0.1) is 0 Å². The van der Waals surface area contributed by atoms with Gasteiger partial charge in [-0.1, -0.05) is 29.5 Å². The quantitative estimate of drug-likeness (QED) is 0.677. The molecule has 4 amide bonds. The molecule has 0 bridgehead atoms. The van der Waals surface area contributed by atoms with Gasteiger partial charge in [-0.3, -0.25) is 19.8 Å². The van der Waals surface area contributed by atoms with E-state index in [9.17, 15) is 18.8 Å². The molecule has 1 aliphatic rings. The highest BCUT2D eigenvalue weighted by molar-refractivity contribution is 7.22. The van der Waals surface area contributed by atoms with Crippen LogP contribution < -0.4 is 10.6 Å². The molecule has 27 heavy (non-hydrogen) atoms. The first-order valence-electron chi connectivity index (χ1n) is 8.05. The monoisotopic (exact) mass is 384 g/mol. The molecule has 3 aromatic rings. The molecule has 0 saturated carbocycles. The number of urea groups is 1. The standard InChI is InChI=1S/C18H13FN4O3S/c19-11-5-6-13-14(7-11)27-17(21-13)22-16(25)12-4-2-1-3-10(12)9-23-15(24)8-20-18(23)26/h1-7H,8-9H2,(H,20,26)(H,21,22,25). The summed E-state index contributed by atoms with van der Waals surface area (Å²) in [6.07, 6.45) is 0. The van der Waals surface area contributed by atoms with E-state index in [2.05, 4.69) is 15.6 Å². The number of halogens is 1. The minimum atomic E-state index is -0.483. The van der Waals surface area contributed by atoms with Gasteiger partial charge in [-0.25, -0.2) is 14.2 Å². The van der Waals surface area contributed by atoms with Crippen LogP contribution in [0.5, 0.6) is 0 Å². The largest absolute Gasteiger partial charge is 0.329 e. The van der Waals surface area contributed by atoms with E-state index in [-0.39, 0.29) is 24.8 Å². The zero-order valence-corrected chi connectivity index (χ0v) is 14.7. The van der Waals surface area contributed by atoms with Gasteiger partial charge in [0.1, 0.15) is 5.82 Å². The summed E-state index contributed by atoms with van der Waals surface area (Å²) in [5.41, 5.74) is 1.45. The second-order valence-corrected chi connectivity index (χ2v) is 6.91. The first kappa shape index (κ1) is 17.1. The van der Waals surface area contributed by atoms with Gasteiger partial charge in [0.25, 0.3) is 5.91 Å². The summed E-state index contributed by atoms with van der Waals surface area (Å²) in [5.74, 6) is -1.14. The van der Waals surface area contributed by atoms with Gasteiger partial charge in [0.05, 0.1) is 23.3 Å². The number of benzene rings is 2. The normalized spacial score (nSPS) is 13.9. The van der Waals surface area contributed by atoms with Crippen molar-refractivity contribution in [2.45, 2.75) is 6.54 Å². The number of nitrogens with one attached hydrogen (secondary N) is 2. The number of aromatic nitrogens is 1. The van der Waals surface area contributed by atoms with Crippen LogP contribution in [-0.2, 0) is 11.3 Å². The fourth-order valence-electron chi connectivity index (χ4n) is 2.78. The summed E-state index contributed by atoms with van der Waals surface area (Å²) in [5, 5.41) is 5.48. The number of thiazole rings is 1.